The lowest BCUT2D eigenvalue weighted by Gasteiger charge is -2.25. The normalized spacial score (nSPS) is 41.9. The van der Waals surface area contributed by atoms with Gasteiger partial charge in [0.05, 0.1) is 18.8 Å². The van der Waals surface area contributed by atoms with Gasteiger partial charge in [-0.3, -0.25) is 9.13 Å². The van der Waals surface area contributed by atoms with E-state index in [1.54, 1.807) is 0 Å². The van der Waals surface area contributed by atoms with Gasteiger partial charge in [0.1, 0.15) is 0 Å². The van der Waals surface area contributed by atoms with E-state index in [0.29, 0.717) is 6.42 Å². The van der Waals surface area contributed by atoms with Gasteiger partial charge in [-0.15, -0.1) is 0 Å². The number of hydrogen-bond donors (Lipinski definition) is 5. The molecule has 10 heteroatoms. The number of aliphatic hydroxyl groups is 2. The monoisotopic (exact) mass is 344 g/mol. The molecule has 0 bridgehead atoms. The topological polar surface area (TPSA) is 145 Å². The van der Waals surface area contributed by atoms with Gasteiger partial charge < -0.3 is 29.4 Å². The molecule has 0 radical (unpaired) electrons. The Labute approximate surface area is 122 Å². The first-order valence-corrected chi connectivity index (χ1v) is 10.3. The van der Waals surface area contributed by atoms with Crippen LogP contribution in [0, 0.1) is 23.2 Å². The maximum absolute atomic E-state index is 11.6. The molecule has 0 amide bonds. The van der Waals surface area contributed by atoms with E-state index in [1.165, 1.54) is 0 Å². The van der Waals surface area contributed by atoms with Gasteiger partial charge in [-0.2, -0.15) is 0 Å². The van der Waals surface area contributed by atoms with E-state index in [2.05, 4.69) is 0 Å². The maximum Gasteiger partial charge on any atom is 0.340 e. The van der Waals surface area contributed by atoms with Gasteiger partial charge >= 0.3 is 15.2 Å². The summed E-state index contributed by atoms with van der Waals surface area (Å²) in [4.78, 5) is 26.9. The van der Waals surface area contributed by atoms with Crippen molar-refractivity contribution in [1.82, 2.24) is 0 Å². The standard InChI is InChI=1S/C11H22O8P2/c1-6(2)8-7-3-11(7,10(13)9(8)12)4-19-21(17,18)5-20(14,15)16/h6-10,12-13H,3-5H2,1-2H3,(H,17,18)(H2,14,15,16)/t7-,8-,9-,10?,11+/m1/s1. The summed E-state index contributed by atoms with van der Waals surface area (Å²) in [5, 5.41) is 20.2. The molecule has 0 aliphatic heterocycles. The lowest BCUT2D eigenvalue weighted by Crippen LogP contribution is -2.36. The van der Waals surface area contributed by atoms with Gasteiger partial charge in [-0.25, -0.2) is 0 Å². The molecule has 5 N–H and O–H groups in total. The lowest BCUT2D eigenvalue weighted by molar-refractivity contribution is -0.0373. The second kappa shape index (κ2) is 5.39. The third kappa shape index (κ3) is 3.43. The first-order chi connectivity index (χ1) is 9.40. The van der Waals surface area contributed by atoms with Crippen LogP contribution in [0.2, 0.25) is 0 Å². The summed E-state index contributed by atoms with van der Waals surface area (Å²) >= 11 is 0. The summed E-state index contributed by atoms with van der Waals surface area (Å²) in [6, 6.07) is 0. The Balaban J connectivity index is 2.02. The molecule has 0 spiro atoms. The quantitative estimate of drug-likeness (QED) is 0.434. The first kappa shape index (κ1) is 17.6. The molecule has 2 rings (SSSR count). The molecule has 0 aromatic rings. The SMILES string of the molecule is CC(C)[C@@H]1[C@H]2C[C@@]2(COP(=O)(O)CP(=O)(O)O)C(O)[C@@H]1O. The Bertz CT molecular complexity index is 502. The van der Waals surface area contributed by atoms with E-state index in [9.17, 15) is 24.2 Å². The van der Waals surface area contributed by atoms with Crippen molar-refractivity contribution in [3.8, 4) is 0 Å². The van der Waals surface area contributed by atoms with Crippen LogP contribution in [0.1, 0.15) is 20.3 Å². The third-order valence-electron chi connectivity index (χ3n) is 4.62. The smallest absolute Gasteiger partial charge is 0.340 e. The van der Waals surface area contributed by atoms with Crippen LogP contribution < -0.4 is 0 Å². The zero-order chi connectivity index (χ0) is 16.2. The van der Waals surface area contributed by atoms with Crippen LogP contribution in [0.15, 0.2) is 0 Å². The molecule has 21 heavy (non-hydrogen) atoms. The fourth-order valence-electron chi connectivity index (χ4n) is 3.60. The van der Waals surface area contributed by atoms with E-state index < -0.39 is 38.7 Å². The predicted octanol–water partition coefficient (Wildman–Crippen LogP) is 0.337. The molecule has 6 atom stereocenters. The maximum atomic E-state index is 11.6. The number of fused-ring (bicyclic) bond motifs is 1. The molecule has 2 unspecified atom stereocenters. The fourth-order valence-corrected chi connectivity index (χ4v) is 6.23. The van der Waals surface area contributed by atoms with Crippen molar-refractivity contribution >= 4 is 15.2 Å². The highest BCUT2D eigenvalue weighted by molar-refractivity contribution is 7.70. The van der Waals surface area contributed by atoms with Gasteiger partial charge in [0.25, 0.3) is 0 Å². The van der Waals surface area contributed by atoms with E-state index in [0.717, 1.165) is 0 Å². The minimum Gasteiger partial charge on any atom is -0.390 e. The highest BCUT2D eigenvalue weighted by atomic mass is 31.2. The molecular weight excluding hydrogens is 322 g/mol. The Morgan fingerprint density at radius 3 is 2.24 bits per heavy atom. The van der Waals surface area contributed by atoms with Crippen molar-refractivity contribution in [2.45, 2.75) is 32.5 Å². The van der Waals surface area contributed by atoms with E-state index in [4.69, 9.17) is 14.3 Å². The van der Waals surface area contributed by atoms with Crippen LogP contribution in [-0.4, -0.2) is 49.6 Å². The number of rotatable bonds is 6. The van der Waals surface area contributed by atoms with E-state index in [1.807, 2.05) is 13.8 Å². The summed E-state index contributed by atoms with van der Waals surface area (Å²) in [7, 11) is -9.09. The fraction of sp³-hybridized carbons (Fsp3) is 1.00. The third-order valence-corrected chi connectivity index (χ3v) is 8.05. The predicted molar refractivity (Wildman–Crippen MR) is 73.6 cm³/mol. The van der Waals surface area contributed by atoms with E-state index in [-0.39, 0.29) is 24.4 Å². The largest absolute Gasteiger partial charge is 0.390 e. The summed E-state index contributed by atoms with van der Waals surface area (Å²) in [6.45, 7) is 3.58. The van der Waals surface area contributed by atoms with Crippen LogP contribution in [0.5, 0.6) is 0 Å². The van der Waals surface area contributed by atoms with Gasteiger partial charge in [-0.1, -0.05) is 13.8 Å². The molecule has 0 aromatic carbocycles. The number of aliphatic hydroxyl groups excluding tert-OH is 2. The molecular formula is C11H22O8P2. The molecule has 124 valence electrons. The summed E-state index contributed by atoms with van der Waals surface area (Å²) in [6.07, 6.45) is -1.39. The zero-order valence-electron chi connectivity index (χ0n) is 11.9. The molecule has 2 aliphatic rings. The van der Waals surface area contributed by atoms with Crippen molar-refractivity contribution in [1.29, 1.82) is 0 Å². The van der Waals surface area contributed by atoms with E-state index >= 15 is 0 Å². The molecule has 2 fully saturated rings. The summed E-state index contributed by atoms with van der Waals surface area (Å²) in [5.41, 5.74) is -0.776. The summed E-state index contributed by atoms with van der Waals surface area (Å²) < 4.78 is 27.3. The van der Waals surface area contributed by atoms with Crippen LogP contribution in [-0.2, 0) is 13.7 Å². The van der Waals surface area contributed by atoms with Crippen molar-refractivity contribution in [2.75, 3.05) is 12.5 Å². The van der Waals surface area contributed by atoms with Crippen molar-refractivity contribution in [2.24, 2.45) is 23.2 Å². The summed E-state index contributed by atoms with van der Waals surface area (Å²) in [5.74, 6) is -1.20. The van der Waals surface area contributed by atoms with Gasteiger partial charge in [-0.05, 0) is 24.2 Å². The van der Waals surface area contributed by atoms with Crippen LogP contribution >= 0.6 is 15.2 Å². The molecule has 0 saturated heterocycles. The minimum absolute atomic E-state index is 0.00226. The van der Waals surface area contributed by atoms with Crippen LogP contribution in [0.3, 0.4) is 0 Å². The Hall–Kier alpha value is 0.220. The van der Waals surface area contributed by atoms with Gasteiger partial charge in [0.2, 0.25) is 0 Å². The lowest BCUT2D eigenvalue weighted by atomic mass is 9.88. The minimum atomic E-state index is -4.66. The average Bonchev–Trinajstić information content (AvgIpc) is 2.93. The van der Waals surface area contributed by atoms with Crippen LogP contribution in [0.4, 0.5) is 0 Å². The van der Waals surface area contributed by atoms with Crippen molar-refractivity contribution in [3.05, 3.63) is 0 Å². The van der Waals surface area contributed by atoms with Crippen molar-refractivity contribution < 1.29 is 38.5 Å². The van der Waals surface area contributed by atoms with Gasteiger partial charge in [0.15, 0.2) is 5.90 Å². The average molecular weight is 344 g/mol. The Morgan fingerprint density at radius 2 is 1.81 bits per heavy atom. The number of hydrogen-bond acceptors (Lipinski definition) is 5. The molecule has 0 heterocycles. The zero-order valence-corrected chi connectivity index (χ0v) is 13.7. The highest BCUT2D eigenvalue weighted by Gasteiger charge is 2.71. The highest BCUT2D eigenvalue weighted by Crippen LogP contribution is 2.69. The molecule has 8 nitrogen and oxygen atoms in total. The molecule has 0 aromatic heterocycles. The van der Waals surface area contributed by atoms with Crippen LogP contribution in [0.25, 0.3) is 0 Å². The molecule has 2 aliphatic carbocycles. The van der Waals surface area contributed by atoms with Gasteiger partial charge in [0, 0.05) is 5.41 Å². The first-order valence-electron chi connectivity index (χ1n) is 6.77. The molecule has 2 saturated carbocycles. The van der Waals surface area contributed by atoms with Crippen molar-refractivity contribution in [3.63, 3.8) is 0 Å². The second-order valence-corrected chi connectivity index (χ2v) is 10.5. The Morgan fingerprint density at radius 1 is 1.24 bits per heavy atom. The Kier molecular flexibility index (Phi) is 4.51. The second-order valence-electron chi connectivity index (χ2n) is 6.52.